The van der Waals surface area contributed by atoms with Crippen molar-refractivity contribution >= 4 is 21.8 Å². The summed E-state index contributed by atoms with van der Waals surface area (Å²) in [6, 6.07) is 5.84. The minimum absolute atomic E-state index is 0.115. The minimum atomic E-state index is 0.115. The van der Waals surface area contributed by atoms with Gasteiger partial charge in [0.1, 0.15) is 5.75 Å². The van der Waals surface area contributed by atoms with Crippen molar-refractivity contribution in [2.45, 2.75) is 25.3 Å². The predicted octanol–water partition coefficient (Wildman–Crippen LogP) is 1.95. The van der Waals surface area contributed by atoms with Crippen LogP contribution in [0.5, 0.6) is 5.75 Å². The molecule has 0 bridgehead atoms. The maximum atomic E-state index is 12.3. The van der Waals surface area contributed by atoms with E-state index in [0.29, 0.717) is 13.0 Å². The van der Waals surface area contributed by atoms with E-state index < -0.39 is 0 Å². The molecule has 1 atom stereocenters. The van der Waals surface area contributed by atoms with Gasteiger partial charge < -0.3 is 15.4 Å². The Morgan fingerprint density at radius 2 is 2.37 bits per heavy atom. The second-order valence-corrected chi connectivity index (χ2v) is 5.79. The molecular weight excluding hydrogens is 308 g/mol. The van der Waals surface area contributed by atoms with Crippen LogP contribution in [-0.4, -0.2) is 37.0 Å². The van der Waals surface area contributed by atoms with Crippen molar-refractivity contribution in [3.63, 3.8) is 0 Å². The van der Waals surface area contributed by atoms with Crippen LogP contribution < -0.4 is 10.5 Å². The fourth-order valence-electron chi connectivity index (χ4n) is 2.38. The number of nitrogens with two attached hydrogens (primary N) is 1. The fraction of sp³-hybridized carbons (Fsp3) is 0.500. The van der Waals surface area contributed by atoms with Crippen LogP contribution in [0.2, 0.25) is 0 Å². The number of rotatable bonds is 3. The van der Waals surface area contributed by atoms with Crippen molar-refractivity contribution in [1.82, 2.24) is 4.90 Å². The largest absolute Gasteiger partial charge is 0.496 e. The van der Waals surface area contributed by atoms with E-state index >= 15 is 0 Å². The maximum absolute atomic E-state index is 12.3. The lowest BCUT2D eigenvalue weighted by Crippen LogP contribution is -2.46. The molecule has 0 radical (unpaired) electrons. The Hall–Kier alpha value is -1.07. The monoisotopic (exact) mass is 326 g/mol. The highest BCUT2D eigenvalue weighted by Gasteiger charge is 2.22. The van der Waals surface area contributed by atoms with Gasteiger partial charge in [0.05, 0.1) is 13.5 Å². The molecule has 1 aromatic carbocycles. The summed E-state index contributed by atoms with van der Waals surface area (Å²) in [7, 11) is 1.62. The van der Waals surface area contributed by atoms with Crippen LogP contribution in [0.1, 0.15) is 18.4 Å². The van der Waals surface area contributed by atoms with Gasteiger partial charge in [-0.2, -0.15) is 0 Å². The number of halogens is 1. The molecule has 0 spiro atoms. The zero-order valence-corrected chi connectivity index (χ0v) is 12.6. The van der Waals surface area contributed by atoms with Gasteiger partial charge in [-0.1, -0.05) is 22.0 Å². The summed E-state index contributed by atoms with van der Waals surface area (Å²) in [4.78, 5) is 14.1. The van der Waals surface area contributed by atoms with E-state index in [0.717, 1.165) is 35.2 Å². The molecule has 4 nitrogen and oxygen atoms in total. The molecule has 1 aliphatic heterocycles. The number of nitrogens with zero attached hydrogens (tertiary/aromatic N) is 1. The van der Waals surface area contributed by atoms with Gasteiger partial charge in [0, 0.05) is 29.2 Å². The number of piperidine rings is 1. The van der Waals surface area contributed by atoms with E-state index in [4.69, 9.17) is 10.5 Å². The molecular formula is C14H19BrN2O2. The highest BCUT2D eigenvalue weighted by molar-refractivity contribution is 9.10. The summed E-state index contributed by atoms with van der Waals surface area (Å²) in [5.74, 6) is 0.861. The van der Waals surface area contributed by atoms with Gasteiger partial charge in [-0.05, 0) is 25.0 Å². The van der Waals surface area contributed by atoms with Gasteiger partial charge in [0.25, 0.3) is 0 Å². The second kappa shape index (κ2) is 6.39. The molecule has 1 unspecified atom stereocenters. The fourth-order valence-corrected chi connectivity index (χ4v) is 2.72. The number of amides is 1. The third kappa shape index (κ3) is 3.70. The van der Waals surface area contributed by atoms with Crippen LogP contribution in [0, 0.1) is 0 Å². The molecule has 1 saturated heterocycles. The molecule has 0 aromatic heterocycles. The van der Waals surface area contributed by atoms with Crippen molar-refractivity contribution < 1.29 is 9.53 Å². The molecule has 0 aliphatic carbocycles. The van der Waals surface area contributed by atoms with Crippen LogP contribution >= 0.6 is 15.9 Å². The summed E-state index contributed by atoms with van der Waals surface area (Å²) >= 11 is 3.40. The van der Waals surface area contributed by atoms with Gasteiger partial charge >= 0.3 is 0 Å². The van der Waals surface area contributed by atoms with Crippen LogP contribution in [0.4, 0.5) is 0 Å². The molecule has 1 heterocycles. The van der Waals surface area contributed by atoms with Gasteiger partial charge in [0.2, 0.25) is 5.91 Å². The number of likely N-dealkylation sites (tertiary alicyclic amines) is 1. The third-order valence-electron chi connectivity index (χ3n) is 3.40. The molecule has 0 saturated carbocycles. The van der Waals surface area contributed by atoms with Crippen molar-refractivity contribution in [3.05, 3.63) is 28.2 Å². The molecule has 104 valence electrons. The Bertz CT molecular complexity index is 465. The first-order valence-electron chi connectivity index (χ1n) is 6.46. The average Bonchev–Trinajstić information content (AvgIpc) is 2.40. The molecule has 2 rings (SSSR count). The van der Waals surface area contributed by atoms with E-state index in [1.165, 1.54) is 0 Å². The average molecular weight is 327 g/mol. The summed E-state index contributed by atoms with van der Waals surface area (Å²) < 4.78 is 6.26. The summed E-state index contributed by atoms with van der Waals surface area (Å²) in [6.07, 6.45) is 2.36. The SMILES string of the molecule is COc1cc(Br)ccc1CC(=O)N1CCCC(N)C1. The lowest BCUT2D eigenvalue weighted by atomic mass is 10.0. The molecule has 5 heteroatoms. The van der Waals surface area contributed by atoms with E-state index in [9.17, 15) is 4.79 Å². The van der Waals surface area contributed by atoms with Crippen LogP contribution in [0.15, 0.2) is 22.7 Å². The molecule has 1 fully saturated rings. The number of hydrogen-bond donors (Lipinski definition) is 1. The number of carbonyl (C=O) groups excluding carboxylic acids is 1. The zero-order valence-electron chi connectivity index (χ0n) is 11.1. The summed E-state index contributed by atoms with van der Waals surface area (Å²) in [6.45, 7) is 1.48. The second-order valence-electron chi connectivity index (χ2n) is 4.88. The molecule has 19 heavy (non-hydrogen) atoms. The van der Waals surface area contributed by atoms with Gasteiger partial charge in [-0.25, -0.2) is 0 Å². The van der Waals surface area contributed by atoms with E-state index in [2.05, 4.69) is 15.9 Å². The maximum Gasteiger partial charge on any atom is 0.227 e. The van der Waals surface area contributed by atoms with Gasteiger partial charge in [0.15, 0.2) is 0 Å². The minimum Gasteiger partial charge on any atom is -0.496 e. The van der Waals surface area contributed by atoms with E-state index in [1.54, 1.807) is 7.11 Å². The number of ether oxygens (including phenoxy) is 1. The van der Waals surface area contributed by atoms with E-state index in [1.807, 2.05) is 23.1 Å². The quantitative estimate of drug-likeness (QED) is 0.923. The Balaban J connectivity index is 2.06. The van der Waals surface area contributed by atoms with Crippen molar-refractivity contribution in [1.29, 1.82) is 0 Å². The van der Waals surface area contributed by atoms with Crippen molar-refractivity contribution in [3.8, 4) is 5.75 Å². The van der Waals surface area contributed by atoms with Gasteiger partial charge in [-0.3, -0.25) is 4.79 Å². The van der Waals surface area contributed by atoms with Crippen molar-refractivity contribution in [2.24, 2.45) is 5.73 Å². The predicted molar refractivity (Wildman–Crippen MR) is 78.2 cm³/mol. The topological polar surface area (TPSA) is 55.6 Å². The standard InChI is InChI=1S/C14H19BrN2O2/c1-19-13-8-11(15)5-4-10(13)7-14(18)17-6-2-3-12(16)9-17/h4-5,8,12H,2-3,6-7,9,16H2,1H3. The molecule has 1 aliphatic rings. The lowest BCUT2D eigenvalue weighted by molar-refractivity contribution is -0.131. The number of hydrogen-bond acceptors (Lipinski definition) is 3. The molecule has 1 amide bonds. The third-order valence-corrected chi connectivity index (χ3v) is 3.89. The summed E-state index contributed by atoms with van der Waals surface area (Å²) in [5, 5.41) is 0. The Morgan fingerprint density at radius 1 is 1.58 bits per heavy atom. The number of carbonyl (C=O) groups is 1. The van der Waals surface area contributed by atoms with Gasteiger partial charge in [-0.15, -0.1) is 0 Å². The Kier molecular flexibility index (Phi) is 4.82. The molecule has 1 aromatic rings. The van der Waals surface area contributed by atoms with Crippen molar-refractivity contribution in [2.75, 3.05) is 20.2 Å². The normalized spacial score (nSPS) is 19.3. The highest BCUT2D eigenvalue weighted by Crippen LogP contribution is 2.24. The summed E-state index contributed by atoms with van der Waals surface area (Å²) in [5.41, 5.74) is 6.82. The first kappa shape index (κ1) is 14.3. The number of benzene rings is 1. The van der Waals surface area contributed by atoms with E-state index in [-0.39, 0.29) is 11.9 Å². The highest BCUT2D eigenvalue weighted by atomic mass is 79.9. The first-order valence-corrected chi connectivity index (χ1v) is 7.25. The molecule has 2 N–H and O–H groups in total. The Morgan fingerprint density at radius 3 is 3.05 bits per heavy atom. The zero-order chi connectivity index (χ0) is 13.8. The smallest absolute Gasteiger partial charge is 0.227 e. The lowest BCUT2D eigenvalue weighted by Gasteiger charge is -2.31. The Labute approximate surface area is 122 Å². The van der Waals surface area contributed by atoms with Crippen LogP contribution in [0.25, 0.3) is 0 Å². The first-order chi connectivity index (χ1) is 9.10. The van der Waals surface area contributed by atoms with Crippen LogP contribution in [-0.2, 0) is 11.2 Å². The number of methoxy groups -OCH3 is 1. The van der Waals surface area contributed by atoms with Crippen LogP contribution in [0.3, 0.4) is 0 Å².